The first kappa shape index (κ1) is 12.8. The van der Waals surface area contributed by atoms with E-state index in [4.69, 9.17) is 30.5 Å². The number of fused-ring (bicyclic) bond motifs is 2. The molecule has 100 valence electrons. The summed E-state index contributed by atoms with van der Waals surface area (Å²) in [5.41, 5.74) is 1.01. The zero-order valence-corrected chi connectivity index (χ0v) is 11.6. The summed E-state index contributed by atoms with van der Waals surface area (Å²) in [6, 6.07) is 1.97. The zero-order chi connectivity index (χ0) is 12.5. The van der Waals surface area contributed by atoms with E-state index >= 15 is 0 Å². The van der Waals surface area contributed by atoms with Crippen LogP contribution in [0.2, 0.25) is 4.34 Å². The van der Waals surface area contributed by atoms with Crippen LogP contribution in [0.4, 0.5) is 0 Å². The molecule has 0 saturated carbocycles. The predicted molar refractivity (Wildman–Crippen MR) is 67.9 cm³/mol. The largest absolute Gasteiger partial charge is 0.379 e. The average molecular weight is 291 g/mol. The highest BCUT2D eigenvalue weighted by Gasteiger charge is 2.44. The van der Waals surface area contributed by atoms with Crippen molar-refractivity contribution in [2.45, 2.75) is 37.6 Å². The smallest absolute Gasteiger partial charge is 0.184 e. The molecule has 0 radical (unpaired) electrons. The second-order valence-electron chi connectivity index (χ2n) is 4.46. The van der Waals surface area contributed by atoms with Crippen LogP contribution in [0.1, 0.15) is 12.0 Å². The minimum absolute atomic E-state index is 0.0459. The molecule has 3 heterocycles. The van der Waals surface area contributed by atoms with Crippen molar-refractivity contribution in [2.24, 2.45) is 0 Å². The Balaban J connectivity index is 1.60. The van der Waals surface area contributed by atoms with Gasteiger partial charge in [0.25, 0.3) is 0 Å². The molecule has 2 bridgehead atoms. The SMILES string of the molecule is CO[C@H]1C[C@@H](OCc2ccsc2Cl)[C@@H]2OC[C@H]1O2. The molecule has 6 heteroatoms. The lowest BCUT2D eigenvalue weighted by atomic mass is 10.0. The molecule has 0 spiro atoms. The second-order valence-corrected chi connectivity index (χ2v) is 5.97. The monoisotopic (exact) mass is 290 g/mol. The molecule has 0 amide bonds. The Hall–Kier alpha value is -0.170. The van der Waals surface area contributed by atoms with Crippen LogP contribution < -0.4 is 0 Å². The summed E-state index contributed by atoms with van der Waals surface area (Å²) in [6.45, 7) is 1.07. The Morgan fingerprint density at radius 3 is 3.11 bits per heavy atom. The van der Waals surface area contributed by atoms with Gasteiger partial charge < -0.3 is 18.9 Å². The maximum Gasteiger partial charge on any atom is 0.184 e. The summed E-state index contributed by atoms with van der Waals surface area (Å²) in [5, 5.41) is 1.96. The van der Waals surface area contributed by atoms with Crippen LogP contribution in [-0.4, -0.2) is 38.3 Å². The third-order valence-electron chi connectivity index (χ3n) is 3.37. The highest BCUT2D eigenvalue weighted by atomic mass is 35.5. The van der Waals surface area contributed by atoms with E-state index in [0.29, 0.717) is 13.2 Å². The summed E-state index contributed by atoms with van der Waals surface area (Å²) in [6.07, 6.45) is 0.535. The molecule has 2 saturated heterocycles. The van der Waals surface area contributed by atoms with Crippen molar-refractivity contribution >= 4 is 22.9 Å². The van der Waals surface area contributed by atoms with Crippen LogP contribution in [0.5, 0.6) is 0 Å². The van der Waals surface area contributed by atoms with E-state index in [2.05, 4.69) is 0 Å². The molecule has 1 aromatic heterocycles. The highest BCUT2D eigenvalue weighted by Crippen LogP contribution is 2.32. The molecule has 0 aliphatic carbocycles. The van der Waals surface area contributed by atoms with E-state index in [-0.39, 0.29) is 24.6 Å². The Morgan fingerprint density at radius 1 is 1.50 bits per heavy atom. The van der Waals surface area contributed by atoms with Crippen LogP contribution in [-0.2, 0) is 25.6 Å². The average Bonchev–Trinajstić information content (AvgIpc) is 2.97. The molecule has 2 aliphatic rings. The van der Waals surface area contributed by atoms with Gasteiger partial charge in [-0.25, -0.2) is 0 Å². The molecule has 1 aromatic rings. The number of hydrogen-bond acceptors (Lipinski definition) is 5. The van der Waals surface area contributed by atoms with E-state index in [1.54, 1.807) is 7.11 Å². The summed E-state index contributed by atoms with van der Waals surface area (Å²) < 4.78 is 23.3. The van der Waals surface area contributed by atoms with Gasteiger partial charge in [0.15, 0.2) is 6.29 Å². The van der Waals surface area contributed by atoms with Crippen LogP contribution in [0.15, 0.2) is 11.4 Å². The molecule has 0 aromatic carbocycles. The van der Waals surface area contributed by atoms with Crippen molar-refractivity contribution in [1.82, 2.24) is 0 Å². The third kappa shape index (κ3) is 2.43. The van der Waals surface area contributed by atoms with E-state index in [0.717, 1.165) is 16.3 Å². The van der Waals surface area contributed by atoms with E-state index in [1.165, 1.54) is 11.3 Å². The first-order valence-electron chi connectivity index (χ1n) is 5.91. The molecule has 0 N–H and O–H groups in total. The van der Waals surface area contributed by atoms with Crippen LogP contribution in [0.25, 0.3) is 0 Å². The van der Waals surface area contributed by atoms with Gasteiger partial charge in [-0.3, -0.25) is 0 Å². The Bertz CT molecular complexity index is 411. The van der Waals surface area contributed by atoms with Gasteiger partial charge >= 0.3 is 0 Å². The predicted octanol–water partition coefficient (Wildman–Crippen LogP) is 2.45. The molecule has 18 heavy (non-hydrogen) atoms. The molecule has 2 fully saturated rings. The first-order chi connectivity index (χ1) is 8.78. The van der Waals surface area contributed by atoms with Gasteiger partial charge in [-0.1, -0.05) is 11.6 Å². The van der Waals surface area contributed by atoms with E-state index in [9.17, 15) is 0 Å². The van der Waals surface area contributed by atoms with Gasteiger partial charge in [-0.15, -0.1) is 11.3 Å². The van der Waals surface area contributed by atoms with Crippen molar-refractivity contribution in [1.29, 1.82) is 0 Å². The lowest BCUT2D eigenvalue weighted by Crippen LogP contribution is -2.43. The molecular formula is C12H15ClO4S. The highest BCUT2D eigenvalue weighted by molar-refractivity contribution is 7.14. The van der Waals surface area contributed by atoms with Crippen LogP contribution in [0.3, 0.4) is 0 Å². The van der Waals surface area contributed by atoms with Crippen molar-refractivity contribution < 1.29 is 18.9 Å². The van der Waals surface area contributed by atoms with Crippen LogP contribution in [0, 0.1) is 0 Å². The quantitative estimate of drug-likeness (QED) is 0.853. The van der Waals surface area contributed by atoms with Gasteiger partial charge in [0.2, 0.25) is 0 Å². The van der Waals surface area contributed by atoms with Gasteiger partial charge in [-0.05, 0) is 11.4 Å². The standard InChI is InChI=1S/C12H15ClO4S/c1-14-8-4-9(12-16-6-10(8)17-12)15-5-7-2-3-18-11(7)13/h2-3,8-10,12H,4-6H2,1H3/t8-,9+,10+,12+/m0/s1. The molecule has 4 nitrogen and oxygen atoms in total. The first-order valence-corrected chi connectivity index (χ1v) is 7.17. The number of halogens is 1. The van der Waals surface area contributed by atoms with Gasteiger partial charge in [0, 0.05) is 19.1 Å². The topological polar surface area (TPSA) is 36.9 Å². The number of hydrogen-bond donors (Lipinski definition) is 0. The molecule has 0 unspecified atom stereocenters. The Labute approximate surface area is 115 Å². The summed E-state index contributed by atoms with van der Waals surface area (Å²) >= 11 is 7.55. The van der Waals surface area contributed by atoms with Crippen molar-refractivity contribution in [3.8, 4) is 0 Å². The lowest BCUT2D eigenvalue weighted by molar-refractivity contribution is -0.205. The normalized spacial score (nSPS) is 35.0. The Morgan fingerprint density at radius 2 is 2.39 bits per heavy atom. The molecule has 4 atom stereocenters. The zero-order valence-electron chi connectivity index (χ0n) is 10.0. The lowest BCUT2D eigenvalue weighted by Gasteiger charge is -2.32. The van der Waals surface area contributed by atoms with Crippen molar-refractivity contribution in [2.75, 3.05) is 13.7 Å². The third-order valence-corrected chi connectivity index (χ3v) is 4.62. The minimum Gasteiger partial charge on any atom is -0.379 e. The fraction of sp³-hybridized carbons (Fsp3) is 0.667. The van der Waals surface area contributed by atoms with Crippen molar-refractivity contribution in [3.63, 3.8) is 0 Å². The maximum atomic E-state index is 6.04. The van der Waals surface area contributed by atoms with Crippen molar-refractivity contribution in [3.05, 3.63) is 21.3 Å². The van der Waals surface area contributed by atoms with Crippen LogP contribution >= 0.6 is 22.9 Å². The van der Waals surface area contributed by atoms with E-state index in [1.807, 2.05) is 11.4 Å². The fourth-order valence-electron chi connectivity index (χ4n) is 2.34. The number of rotatable bonds is 4. The summed E-state index contributed by atoms with van der Waals surface area (Å²) in [5.74, 6) is 0. The molecule has 3 rings (SSSR count). The summed E-state index contributed by atoms with van der Waals surface area (Å²) in [7, 11) is 1.69. The number of thiophene rings is 1. The van der Waals surface area contributed by atoms with Gasteiger partial charge in [-0.2, -0.15) is 0 Å². The van der Waals surface area contributed by atoms with E-state index < -0.39 is 0 Å². The van der Waals surface area contributed by atoms with Gasteiger partial charge in [0.05, 0.1) is 23.7 Å². The Kier molecular flexibility index (Phi) is 3.89. The fourth-order valence-corrected chi connectivity index (χ4v) is 3.24. The maximum absolute atomic E-state index is 6.04. The summed E-state index contributed by atoms with van der Waals surface area (Å²) in [4.78, 5) is 0. The molecule has 2 aliphatic heterocycles. The minimum atomic E-state index is -0.265. The molecular weight excluding hydrogens is 276 g/mol. The number of methoxy groups -OCH3 is 1. The number of ether oxygens (including phenoxy) is 4. The van der Waals surface area contributed by atoms with Gasteiger partial charge in [0.1, 0.15) is 12.2 Å². The second kappa shape index (κ2) is 5.45.